The lowest BCUT2D eigenvalue weighted by molar-refractivity contribution is 0.0748. The van der Waals surface area contributed by atoms with E-state index in [4.69, 9.17) is 5.14 Å². The zero-order valence-corrected chi connectivity index (χ0v) is 16.3. The van der Waals surface area contributed by atoms with Gasteiger partial charge in [0, 0.05) is 10.9 Å². The molecule has 0 spiro atoms. The van der Waals surface area contributed by atoms with Crippen molar-refractivity contribution in [3.8, 4) is 0 Å². The van der Waals surface area contributed by atoms with Gasteiger partial charge in [0.25, 0.3) is 0 Å². The van der Waals surface area contributed by atoms with Crippen molar-refractivity contribution in [3.63, 3.8) is 0 Å². The third-order valence-corrected chi connectivity index (χ3v) is 12.9. The van der Waals surface area contributed by atoms with Crippen molar-refractivity contribution >= 4 is 29.5 Å². The van der Waals surface area contributed by atoms with E-state index in [0.29, 0.717) is 0 Å². The Labute approximate surface area is 132 Å². The van der Waals surface area contributed by atoms with E-state index in [0.717, 1.165) is 11.3 Å². The van der Waals surface area contributed by atoms with Gasteiger partial charge in [0.2, 0.25) is 0 Å². The summed E-state index contributed by atoms with van der Waals surface area (Å²) in [6.07, 6.45) is 0. The molecule has 0 aliphatic heterocycles. The van der Waals surface area contributed by atoms with Gasteiger partial charge in [0.05, 0.1) is 5.60 Å². The molecule has 0 radical (unpaired) electrons. The summed E-state index contributed by atoms with van der Waals surface area (Å²) in [5.74, 6) is -0.706. The molecule has 1 rings (SSSR count). The number of nitrogens with zero attached hydrogens (tertiary/aromatic N) is 1. The summed E-state index contributed by atoms with van der Waals surface area (Å²) >= 11 is 0.954. The third-order valence-electron chi connectivity index (χ3n) is 3.82. The summed E-state index contributed by atoms with van der Waals surface area (Å²) in [7, 11) is -5.58. The van der Waals surface area contributed by atoms with Crippen molar-refractivity contribution in [3.05, 3.63) is 16.8 Å². The van der Waals surface area contributed by atoms with Gasteiger partial charge >= 0.3 is 0 Å². The standard InChI is InChI=1S/C13H25FN2O2S2Si/c1-12(2,3)21(6,7)16-20(15,18)11-10(14)9(8-19-11)13(4,5)17/h8,17H,1-7H3,(H2,15,16,18). The first-order chi connectivity index (χ1) is 9.09. The van der Waals surface area contributed by atoms with Crippen LogP contribution in [0.5, 0.6) is 0 Å². The minimum Gasteiger partial charge on any atom is -0.386 e. The molecule has 8 heteroatoms. The molecule has 1 aromatic rings. The molecule has 3 N–H and O–H groups in total. The summed E-state index contributed by atoms with van der Waals surface area (Å²) in [6.45, 7) is 12.9. The van der Waals surface area contributed by atoms with Gasteiger partial charge in [-0.05, 0) is 32.0 Å². The van der Waals surface area contributed by atoms with E-state index < -0.39 is 29.6 Å². The minimum absolute atomic E-state index is 0.0792. The lowest BCUT2D eigenvalue weighted by Gasteiger charge is -2.32. The van der Waals surface area contributed by atoms with Gasteiger partial charge in [-0.25, -0.2) is 13.7 Å². The third kappa shape index (κ3) is 3.92. The topological polar surface area (TPSA) is 75.7 Å². The molecule has 0 amide bonds. The molecule has 0 saturated carbocycles. The second kappa shape index (κ2) is 5.41. The van der Waals surface area contributed by atoms with E-state index in [2.05, 4.69) is 4.03 Å². The Hall–Kier alpha value is -0.283. The molecule has 0 aromatic carbocycles. The van der Waals surface area contributed by atoms with Gasteiger partial charge in [0.1, 0.15) is 14.1 Å². The second-order valence-corrected chi connectivity index (χ2v) is 15.3. The molecule has 1 aromatic heterocycles. The maximum atomic E-state index is 14.4. The summed E-state index contributed by atoms with van der Waals surface area (Å²) < 4.78 is 31.5. The van der Waals surface area contributed by atoms with Gasteiger partial charge < -0.3 is 5.11 Å². The van der Waals surface area contributed by atoms with Crippen molar-refractivity contribution in [1.29, 1.82) is 0 Å². The fraction of sp³-hybridized carbons (Fsp3) is 0.692. The molecule has 1 unspecified atom stereocenters. The number of hydrogen-bond acceptors (Lipinski definition) is 4. The van der Waals surface area contributed by atoms with Gasteiger partial charge in [-0.3, -0.25) is 4.03 Å². The molecule has 21 heavy (non-hydrogen) atoms. The molecule has 0 fully saturated rings. The highest BCUT2D eigenvalue weighted by Crippen LogP contribution is 2.39. The Morgan fingerprint density at radius 3 is 2.14 bits per heavy atom. The van der Waals surface area contributed by atoms with Crippen LogP contribution < -0.4 is 5.14 Å². The molecule has 4 nitrogen and oxygen atoms in total. The predicted octanol–water partition coefficient (Wildman–Crippen LogP) is 3.82. The van der Waals surface area contributed by atoms with Crippen LogP contribution in [-0.2, 0) is 15.5 Å². The smallest absolute Gasteiger partial charge is 0.195 e. The Bertz CT molecular complexity index is 648. The average molecular weight is 353 g/mol. The van der Waals surface area contributed by atoms with Crippen molar-refractivity contribution in [1.82, 2.24) is 0 Å². The van der Waals surface area contributed by atoms with Crippen LogP contribution in [0.1, 0.15) is 40.2 Å². The van der Waals surface area contributed by atoms with Gasteiger partial charge in [-0.2, -0.15) is 0 Å². The van der Waals surface area contributed by atoms with Crippen molar-refractivity contribution in [2.45, 2.75) is 62.6 Å². The predicted molar refractivity (Wildman–Crippen MR) is 89.7 cm³/mol. The average Bonchev–Trinajstić information content (AvgIpc) is 2.56. The number of aliphatic hydroxyl groups is 1. The van der Waals surface area contributed by atoms with E-state index in [-0.39, 0.29) is 14.8 Å². The number of nitrogens with two attached hydrogens (primary N) is 1. The number of thiophene rings is 1. The van der Waals surface area contributed by atoms with Crippen LogP contribution in [-0.4, -0.2) is 17.6 Å². The quantitative estimate of drug-likeness (QED) is 0.811. The Morgan fingerprint density at radius 2 is 1.81 bits per heavy atom. The van der Waals surface area contributed by atoms with Gasteiger partial charge in [0.15, 0.2) is 14.1 Å². The summed E-state index contributed by atoms with van der Waals surface area (Å²) in [5, 5.41) is 17.1. The zero-order valence-electron chi connectivity index (χ0n) is 13.7. The van der Waals surface area contributed by atoms with Crippen molar-refractivity contribution in [2.75, 3.05) is 0 Å². The molecular formula is C13H25FN2O2S2Si. The van der Waals surface area contributed by atoms with Crippen molar-refractivity contribution in [2.24, 2.45) is 9.17 Å². The van der Waals surface area contributed by atoms with Crippen LogP contribution in [0.15, 0.2) is 13.6 Å². The van der Waals surface area contributed by atoms with Crippen LogP contribution in [0.2, 0.25) is 18.1 Å². The lowest BCUT2D eigenvalue weighted by Crippen LogP contribution is -2.37. The molecule has 0 saturated heterocycles. The van der Waals surface area contributed by atoms with Crippen LogP contribution in [0.25, 0.3) is 0 Å². The first-order valence-corrected chi connectivity index (χ1v) is 12.1. The van der Waals surface area contributed by atoms with E-state index in [1.165, 1.54) is 19.2 Å². The Kier molecular flexibility index (Phi) is 4.84. The minimum atomic E-state index is -3.30. The zero-order chi connectivity index (χ0) is 16.9. The SMILES string of the molecule is CC(C)(O)c1csc(S(N)(=O)=N[Si](C)(C)C(C)(C)C)c1F. The van der Waals surface area contributed by atoms with Crippen LogP contribution in [0.3, 0.4) is 0 Å². The van der Waals surface area contributed by atoms with E-state index in [1.807, 2.05) is 33.9 Å². The lowest BCUT2D eigenvalue weighted by atomic mass is 10.0. The van der Waals surface area contributed by atoms with Gasteiger partial charge in [-0.1, -0.05) is 20.8 Å². The van der Waals surface area contributed by atoms with Gasteiger partial charge in [-0.15, -0.1) is 11.3 Å². The highest BCUT2D eigenvalue weighted by Gasteiger charge is 2.38. The van der Waals surface area contributed by atoms with Crippen LogP contribution in [0.4, 0.5) is 4.39 Å². The molecule has 0 bridgehead atoms. The first kappa shape index (κ1) is 18.8. The fourth-order valence-corrected chi connectivity index (χ4v) is 7.82. The summed E-state index contributed by atoms with van der Waals surface area (Å²) in [5.41, 5.74) is -1.24. The van der Waals surface area contributed by atoms with Crippen LogP contribution >= 0.6 is 11.3 Å². The molecule has 1 heterocycles. The van der Waals surface area contributed by atoms with Crippen molar-refractivity contribution < 1.29 is 13.7 Å². The van der Waals surface area contributed by atoms with E-state index in [1.54, 1.807) is 0 Å². The normalized spacial score (nSPS) is 16.7. The molecule has 0 aliphatic carbocycles. The van der Waals surface area contributed by atoms with Crippen LogP contribution in [0, 0.1) is 5.82 Å². The second-order valence-electron chi connectivity index (χ2n) is 7.28. The summed E-state index contributed by atoms with van der Waals surface area (Å²) in [6, 6.07) is 0. The summed E-state index contributed by atoms with van der Waals surface area (Å²) in [4.78, 5) is 0. The van der Waals surface area contributed by atoms with E-state index in [9.17, 15) is 13.7 Å². The highest BCUT2D eigenvalue weighted by atomic mass is 32.2. The fourth-order valence-electron chi connectivity index (χ4n) is 1.45. The molecule has 122 valence electrons. The number of halogens is 1. The highest BCUT2D eigenvalue weighted by molar-refractivity contribution is 7.94. The molecular weight excluding hydrogens is 327 g/mol. The monoisotopic (exact) mass is 352 g/mol. The molecule has 0 aliphatic rings. The Morgan fingerprint density at radius 1 is 1.33 bits per heavy atom. The number of hydrogen-bond donors (Lipinski definition) is 2. The largest absolute Gasteiger partial charge is 0.386 e. The first-order valence-electron chi connectivity index (χ1n) is 6.65. The number of rotatable bonds is 3. The maximum absolute atomic E-state index is 14.4. The molecule has 1 atom stereocenters. The Balaban J connectivity index is 3.47. The maximum Gasteiger partial charge on any atom is 0.195 e. The van der Waals surface area contributed by atoms with E-state index >= 15 is 0 Å².